The van der Waals surface area contributed by atoms with Crippen LogP contribution in [-0.2, 0) is 11.3 Å². The number of nitrogens with zero attached hydrogens (tertiary/aromatic N) is 4. The van der Waals surface area contributed by atoms with Gasteiger partial charge in [-0.15, -0.1) is 0 Å². The summed E-state index contributed by atoms with van der Waals surface area (Å²) in [6.45, 7) is -0.903. The fourth-order valence-corrected chi connectivity index (χ4v) is 3.34. The molecule has 2 N–H and O–H groups in total. The van der Waals surface area contributed by atoms with Crippen LogP contribution in [0.5, 0.6) is 0 Å². The van der Waals surface area contributed by atoms with Crippen LogP contribution in [0.3, 0.4) is 0 Å². The normalized spacial score (nSPS) is 14.7. The number of aliphatic hydroxyl groups excluding tert-OH is 1. The molecule has 0 amide bonds. The van der Waals surface area contributed by atoms with Gasteiger partial charge in [-0.2, -0.15) is 28.2 Å². The monoisotopic (exact) mass is 450 g/mol. The van der Waals surface area contributed by atoms with E-state index in [0.717, 1.165) is 15.8 Å². The molecule has 2 heterocycles. The summed E-state index contributed by atoms with van der Waals surface area (Å²) >= 11 is 0. The minimum atomic E-state index is -5.07. The number of rotatable bonds is 8. The maximum atomic E-state index is 13.2. The van der Waals surface area contributed by atoms with Crippen LogP contribution >= 0.6 is 0 Å². The van der Waals surface area contributed by atoms with Gasteiger partial charge in [0.2, 0.25) is 0 Å². The first-order valence-electron chi connectivity index (χ1n) is 9.65. The smallest absolute Gasteiger partial charge is 0.389 e. The molecule has 11 heteroatoms. The van der Waals surface area contributed by atoms with Crippen LogP contribution in [0.4, 0.5) is 13.2 Å². The topological polar surface area (TPSA) is 110 Å². The lowest BCUT2D eigenvalue weighted by Gasteiger charge is -2.33. The van der Waals surface area contributed by atoms with Gasteiger partial charge in [-0.1, -0.05) is 12.1 Å². The molecule has 0 spiro atoms. The van der Waals surface area contributed by atoms with Gasteiger partial charge >= 0.3 is 6.18 Å². The van der Waals surface area contributed by atoms with Gasteiger partial charge in [-0.25, -0.2) is 0 Å². The van der Waals surface area contributed by atoms with Crippen molar-refractivity contribution in [1.29, 1.82) is 0 Å². The molecule has 0 radical (unpaired) electrons. The summed E-state index contributed by atoms with van der Waals surface area (Å²) in [6, 6.07) is 10.0. The van der Waals surface area contributed by atoms with E-state index in [0.29, 0.717) is 12.5 Å². The number of aromatic nitrogens is 4. The van der Waals surface area contributed by atoms with E-state index < -0.39 is 42.1 Å². The van der Waals surface area contributed by atoms with E-state index in [-0.39, 0.29) is 6.54 Å². The zero-order chi connectivity index (χ0) is 23.5. The van der Waals surface area contributed by atoms with Crippen LogP contribution in [0.1, 0.15) is 13.3 Å². The van der Waals surface area contributed by atoms with Crippen LogP contribution in [0.15, 0.2) is 59.8 Å². The Morgan fingerprint density at radius 2 is 1.72 bits per heavy atom. The Kier molecular flexibility index (Phi) is 6.60. The highest BCUT2D eigenvalue weighted by Crippen LogP contribution is 2.38. The lowest BCUT2D eigenvalue weighted by molar-refractivity contribution is -0.270. The fraction of sp³-hybridized carbons (Fsp3) is 0.333. The van der Waals surface area contributed by atoms with Gasteiger partial charge in [0.1, 0.15) is 6.61 Å². The SMILES string of the molecule is CC(O)(C(CCn1ccc(-c2ccc(-n3nccn3)cc2)cc1=O)C(=O)CO)C(F)(F)F. The molecule has 0 aliphatic heterocycles. The summed E-state index contributed by atoms with van der Waals surface area (Å²) in [5, 5.41) is 27.0. The molecular formula is C21H21F3N4O4. The van der Waals surface area contributed by atoms with Crippen molar-refractivity contribution in [2.75, 3.05) is 6.61 Å². The van der Waals surface area contributed by atoms with Crippen LogP contribution in [0.25, 0.3) is 16.8 Å². The van der Waals surface area contributed by atoms with E-state index in [2.05, 4.69) is 10.2 Å². The first-order valence-corrected chi connectivity index (χ1v) is 9.65. The van der Waals surface area contributed by atoms with E-state index in [1.165, 1.54) is 17.1 Å². The number of hydrogen-bond donors (Lipinski definition) is 2. The van der Waals surface area contributed by atoms with Crippen molar-refractivity contribution < 1.29 is 28.2 Å². The van der Waals surface area contributed by atoms with Gasteiger partial charge in [0, 0.05) is 18.8 Å². The summed E-state index contributed by atoms with van der Waals surface area (Å²) < 4.78 is 40.7. The van der Waals surface area contributed by atoms with Crippen molar-refractivity contribution in [3.8, 4) is 16.8 Å². The third-order valence-electron chi connectivity index (χ3n) is 5.30. The van der Waals surface area contributed by atoms with Crippen molar-refractivity contribution in [2.45, 2.75) is 31.7 Å². The lowest BCUT2D eigenvalue weighted by atomic mass is 9.82. The Balaban J connectivity index is 1.77. The summed E-state index contributed by atoms with van der Waals surface area (Å²) in [5.74, 6) is -3.06. The van der Waals surface area contributed by atoms with Crippen molar-refractivity contribution in [3.05, 3.63) is 65.3 Å². The second-order valence-corrected chi connectivity index (χ2v) is 7.42. The number of Topliss-reactive ketones (excluding diaryl/α,β-unsaturated/α-hetero) is 1. The molecule has 0 fully saturated rings. The average Bonchev–Trinajstić information content (AvgIpc) is 3.28. The maximum absolute atomic E-state index is 13.2. The standard InChI is InChI=1S/C21H21F3N4O4/c1-20(32,21(22,23)24)17(18(30)13-29)7-11-27-10-6-15(12-19(27)31)14-2-4-16(5-3-14)28-25-8-9-26-28/h2-6,8-10,12,17,29,32H,7,11,13H2,1H3. The van der Waals surface area contributed by atoms with Gasteiger partial charge < -0.3 is 14.8 Å². The average molecular weight is 450 g/mol. The van der Waals surface area contributed by atoms with Gasteiger partial charge in [0.25, 0.3) is 5.56 Å². The molecule has 2 unspecified atom stereocenters. The van der Waals surface area contributed by atoms with Gasteiger partial charge in [-0.05, 0) is 42.7 Å². The largest absolute Gasteiger partial charge is 0.417 e. The number of ketones is 1. The van der Waals surface area contributed by atoms with Crippen molar-refractivity contribution >= 4 is 5.78 Å². The van der Waals surface area contributed by atoms with Crippen molar-refractivity contribution in [3.63, 3.8) is 0 Å². The molecule has 0 saturated carbocycles. The molecule has 2 atom stereocenters. The van der Waals surface area contributed by atoms with Crippen LogP contribution in [0, 0.1) is 5.92 Å². The van der Waals surface area contributed by atoms with Crippen LogP contribution < -0.4 is 5.56 Å². The molecule has 3 rings (SSSR count). The molecule has 0 aliphatic carbocycles. The Morgan fingerprint density at radius 3 is 2.25 bits per heavy atom. The first kappa shape index (κ1) is 23.4. The van der Waals surface area contributed by atoms with Gasteiger partial charge in [-0.3, -0.25) is 9.59 Å². The highest BCUT2D eigenvalue weighted by atomic mass is 19.4. The van der Waals surface area contributed by atoms with E-state index in [1.807, 2.05) is 0 Å². The molecule has 3 aromatic rings. The number of hydrogen-bond acceptors (Lipinski definition) is 6. The van der Waals surface area contributed by atoms with Gasteiger partial charge in [0.05, 0.1) is 24.0 Å². The first-order chi connectivity index (χ1) is 15.0. The number of pyridine rings is 1. The number of aryl methyl sites for hydroxylation is 1. The second kappa shape index (κ2) is 9.05. The van der Waals surface area contributed by atoms with E-state index in [1.54, 1.807) is 42.7 Å². The molecule has 170 valence electrons. The quantitative estimate of drug-likeness (QED) is 0.543. The number of alkyl halides is 3. The highest BCUT2D eigenvalue weighted by molar-refractivity contribution is 5.83. The second-order valence-electron chi connectivity index (χ2n) is 7.42. The molecular weight excluding hydrogens is 429 g/mol. The summed E-state index contributed by atoms with van der Waals surface area (Å²) in [4.78, 5) is 25.8. The third-order valence-corrected chi connectivity index (χ3v) is 5.30. The summed E-state index contributed by atoms with van der Waals surface area (Å²) in [7, 11) is 0. The molecule has 32 heavy (non-hydrogen) atoms. The molecule has 0 saturated heterocycles. The molecule has 0 aliphatic rings. The number of aliphatic hydroxyl groups is 2. The van der Waals surface area contributed by atoms with E-state index in [9.17, 15) is 27.9 Å². The summed E-state index contributed by atoms with van der Waals surface area (Å²) in [6.07, 6.45) is -1.06. The zero-order valence-electron chi connectivity index (χ0n) is 17.0. The van der Waals surface area contributed by atoms with E-state index >= 15 is 0 Å². The Labute approximate surface area is 180 Å². The number of benzene rings is 1. The predicted molar refractivity (Wildman–Crippen MR) is 108 cm³/mol. The predicted octanol–water partition coefficient (Wildman–Crippen LogP) is 1.98. The van der Waals surface area contributed by atoms with Crippen LogP contribution in [-0.4, -0.2) is 53.9 Å². The minimum Gasteiger partial charge on any atom is -0.389 e. The lowest BCUT2D eigenvalue weighted by Crippen LogP contribution is -2.52. The van der Waals surface area contributed by atoms with Crippen LogP contribution in [0.2, 0.25) is 0 Å². The number of halogens is 3. The maximum Gasteiger partial charge on any atom is 0.417 e. The molecule has 0 bridgehead atoms. The van der Waals surface area contributed by atoms with Crippen molar-refractivity contribution in [1.82, 2.24) is 19.6 Å². The molecule has 1 aromatic carbocycles. The Hall–Kier alpha value is -3.31. The number of carbonyl (C=O) groups excluding carboxylic acids is 1. The zero-order valence-corrected chi connectivity index (χ0v) is 17.0. The molecule has 8 nitrogen and oxygen atoms in total. The molecule has 2 aromatic heterocycles. The van der Waals surface area contributed by atoms with Gasteiger partial charge in [0.15, 0.2) is 11.4 Å². The van der Waals surface area contributed by atoms with Crippen molar-refractivity contribution in [2.24, 2.45) is 5.92 Å². The highest BCUT2D eigenvalue weighted by Gasteiger charge is 2.56. The fourth-order valence-electron chi connectivity index (χ4n) is 3.34. The summed E-state index contributed by atoms with van der Waals surface area (Å²) in [5.41, 5.74) is -1.76. The Morgan fingerprint density at radius 1 is 1.09 bits per heavy atom. The third kappa shape index (κ3) is 4.78. The number of carbonyl (C=O) groups is 1. The Bertz CT molecular complexity index is 1120. The van der Waals surface area contributed by atoms with E-state index in [4.69, 9.17) is 5.11 Å². The minimum absolute atomic E-state index is 0.244.